The summed E-state index contributed by atoms with van der Waals surface area (Å²) >= 11 is 0. The Balaban J connectivity index is 2.13. The molecule has 7 heteroatoms. The van der Waals surface area contributed by atoms with Gasteiger partial charge in [-0.15, -0.1) is 0 Å². The van der Waals surface area contributed by atoms with E-state index >= 15 is 0 Å². The minimum atomic E-state index is -2.86. The van der Waals surface area contributed by atoms with Crippen LogP contribution in [-0.4, -0.2) is 20.7 Å². The van der Waals surface area contributed by atoms with Crippen LogP contribution < -0.4 is 5.32 Å². The van der Waals surface area contributed by atoms with Crippen molar-refractivity contribution in [1.82, 2.24) is 14.8 Å². The average molecular weight is 322 g/mol. The van der Waals surface area contributed by atoms with Crippen LogP contribution in [0.1, 0.15) is 41.1 Å². The van der Waals surface area contributed by atoms with Crippen LogP contribution >= 0.6 is 0 Å². The molecule has 1 aliphatic heterocycles. The molecule has 0 radical (unpaired) electrons. The summed E-state index contributed by atoms with van der Waals surface area (Å²) in [5.41, 5.74) is 1.37. The van der Waals surface area contributed by atoms with Gasteiger partial charge in [0.2, 0.25) is 5.91 Å². The zero-order valence-corrected chi connectivity index (χ0v) is 12.5. The van der Waals surface area contributed by atoms with Gasteiger partial charge in [0.25, 0.3) is 0 Å². The van der Waals surface area contributed by atoms with Crippen molar-refractivity contribution in [2.24, 2.45) is 5.92 Å². The van der Waals surface area contributed by atoms with Crippen molar-refractivity contribution in [1.29, 1.82) is 0 Å². The topological polar surface area (TPSA) is 59.8 Å². The lowest BCUT2D eigenvalue weighted by atomic mass is 10.00. The molecule has 23 heavy (non-hydrogen) atoms. The first-order chi connectivity index (χ1) is 11.9. The molecule has 0 fully saturated rings. The monoisotopic (exact) mass is 322 g/mol. The first kappa shape index (κ1) is 13.2. The molecule has 1 amide bonds. The highest BCUT2D eigenvalue weighted by atomic mass is 19.3. The van der Waals surface area contributed by atoms with Crippen molar-refractivity contribution in [3.8, 4) is 11.3 Å². The Kier molecular flexibility index (Phi) is 3.68. The molecule has 3 atom stereocenters. The Hall–Kier alpha value is -2.31. The van der Waals surface area contributed by atoms with Gasteiger partial charge >= 0.3 is 6.55 Å². The minimum Gasteiger partial charge on any atom is -0.323 e. The summed E-state index contributed by atoms with van der Waals surface area (Å²) in [4.78, 5) is 16.6. The SMILES string of the molecule is [2H]C1CCc2cc(ccn2)-c2c(cnn2C(F)F)NC(=O)C(C)C1[2H]. The van der Waals surface area contributed by atoms with Crippen molar-refractivity contribution in [2.45, 2.75) is 39.1 Å². The van der Waals surface area contributed by atoms with Crippen LogP contribution in [-0.2, 0) is 11.2 Å². The number of hydrogen-bond donors (Lipinski definition) is 1. The number of pyridine rings is 1. The third kappa shape index (κ3) is 3.23. The van der Waals surface area contributed by atoms with E-state index in [-0.39, 0.29) is 11.4 Å². The molecule has 1 N–H and O–H groups in total. The number of halogens is 2. The number of nitrogens with zero attached hydrogens (tertiary/aromatic N) is 3. The molecule has 122 valence electrons. The summed E-state index contributed by atoms with van der Waals surface area (Å²) in [7, 11) is 0. The van der Waals surface area contributed by atoms with Gasteiger partial charge in [0.05, 0.1) is 17.6 Å². The number of nitrogens with one attached hydrogen (secondary N) is 1. The van der Waals surface area contributed by atoms with Gasteiger partial charge in [-0.2, -0.15) is 13.9 Å². The highest BCUT2D eigenvalue weighted by Crippen LogP contribution is 2.32. The van der Waals surface area contributed by atoms with E-state index in [2.05, 4.69) is 15.4 Å². The minimum absolute atomic E-state index is 0.101. The van der Waals surface area contributed by atoms with E-state index in [0.29, 0.717) is 28.8 Å². The zero-order valence-electron chi connectivity index (χ0n) is 14.5. The summed E-state index contributed by atoms with van der Waals surface area (Å²) in [6.45, 7) is -1.29. The Morgan fingerprint density at radius 1 is 1.52 bits per heavy atom. The summed E-state index contributed by atoms with van der Waals surface area (Å²) in [5.74, 6) is -1.24. The van der Waals surface area contributed by atoms with Crippen molar-refractivity contribution < 1.29 is 16.3 Å². The fraction of sp³-hybridized carbons (Fsp3) is 0.438. The molecule has 0 saturated carbocycles. The highest BCUT2D eigenvalue weighted by Gasteiger charge is 2.22. The molecule has 1 aliphatic rings. The molecule has 0 aromatic carbocycles. The molecule has 2 aromatic rings. The third-order valence-electron chi connectivity index (χ3n) is 3.73. The summed E-state index contributed by atoms with van der Waals surface area (Å²) in [6.07, 6.45) is 1.82. The normalized spacial score (nSPS) is 26.4. The van der Waals surface area contributed by atoms with Crippen LogP contribution in [0.15, 0.2) is 24.5 Å². The largest absolute Gasteiger partial charge is 0.333 e. The third-order valence-corrected chi connectivity index (χ3v) is 3.73. The molecule has 0 spiro atoms. The molecule has 2 bridgehead atoms. The zero-order chi connectivity index (χ0) is 18.1. The Morgan fingerprint density at radius 2 is 2.35 bits per heavy atom. The summed E-state index contributed by atoms with van der Waals surface area (Å²) in [6, 6.07) is 3.23. The van der Waals surface area contributed by atoms with Crippen LogP contribution in [0.5, 0.6) is 0 Å². The lowest BCUT2D eigenvalue weighted by Gasteiger charge is -2.15. The maximum Gasteiger partial charge on any atom is 0.333 e. The lowest BCUT2D eigenvalue weighted by Crippen LogP contribution is -2.21. The van der Waals surface area contributed by atoms with Crippen LogP contribution in [0.2, 0.25) is 0 Å². The van der Waals surface area contributed by atoms with Gasteiger partial charge in [0.1, 0.15) is 0 Å². The number of aromatic nitrogens is 3. The maximum absolute atomic E-state index is 13.3. The fourth-order valence-electron chi connectivity index (χ4n) is 2.52. The Labute approximate surface area is 135 Å². The second-order valence-electron chi connectivity index (χ2n) is 5.41. The van der Waals surface area contributed by atoms with Gasteiger partial charge in [-0.3, -0.25) is 9.78 Å². The quantitative estimate of drug-likeness (QED) is 0.872. The van der Waals surface area contributed by atoms with E-state index in [0.717, 1.165) is 0 Å². The number of hydrogen-bond acceptors (Lipinski definition) is 3. The average Bonchev–Trinajstić information content (AvgIpc) is 3.01. The van der Waals surface area contributed by atoms with E-state index in [1.165, 1.54) is 12.4 Å². The molecule has 3 rings (SSSR count). The first-order valence-corrected chi connectivity index (χ1v) is 7.34. The first-order valence-electron chi connectivity index (χ1n) is 8.50. The van der Waals surface area contributed by atoms with Gasteiger partial charge in [0, 0.05) is 26.1 Å². The van der Waals surface area contributed by atoms with Crippen LogP contribution in [0.4, 0.5) is 14.5 Å². The highest BCUT2D eigenvalue weighted by molar-refractivity contribution is 5.95. The molecular formula is C16H18F2N4O. The van der Waals surface area contributed by atoms with E-state index in [4.69, 9.17) is 2.74 Å². The molecule has 5 nitrogen and oxygen atoms in total. The summed E-state index contributed by atoms with van der Waals surface area (Å²) < 4.78 is 43.4. The Bertz CT molecular complexity index is 783. The number of amides is 1. The second-order valence-corrected chi connectivity index (χ2v) is 5.41. The van der Waals surface area contributed by atoms with Crippen molar-refractivity contribution >= 4 is 11.6 Å². The number of alkyl halides is 2. The molecule has 2 aromatic heterocycles. The van der Waals surface area contributed by atoms with Crippen LogP contribution in [0, 0.1) is 5.92 Å². The van der Waals surface area contributed by atoms with Gasteiger partial charge in [-0.05, 0) is 31.4 Å². The summed E-state index contributed by atoms with van der Waals surface area (Å²) in [5, 5.41) is 6.27. The molecule has 0 aliphatic carbocycles. The van der Waals surface area contributed by atoms with Gasteiger partial charge in [-0.1, -0.05) is 13.3 Å². The Morgan fingerprint density at radius 3 is 3.13 bits per heavy atom. The molecule has 3 heterocycles. The standard InChI is InChI=1S/C16H18F2N4O/c1-10-4-2-3-5-12-8-11(6-7-19-12)14-13(21-15(10)23)9-20-22(14)16(17)18/h6-10,16H,2-5H2,1H3,(H,21,23)/i2D,4D. The van der Waals surface area contributed by atoms with Gasteiger partial charge in [0.15, 0.2) is 0 Å². The number of rotatable bonds is 1. The van der Waals surface area contributed by atoms with E-state index in [1.54, 1.807) is 19.1 Å². The van der Waals surface area contributed by atoms with E-state index < -0.39 is 31.2 Å². The van der Waals surface area contributed by atoms with Crippen molar-refractivity contribution in [3.63, 3.8) is 0 Å². The van der Waals surface area contributed by atoms with Crippen molar-refractivity contribution in [2.75, 3.05) is 5.32 Å². The van der Waals surface area contributed by atoms with Gasteiger partial charge in [-0.25, -0.2) is 4.68 Å². The number of carbonyl (C=O) groups is 1. The molecule has 3 unspecified atom stereocenters. The smallest absolute Gasteiger partial charge is 0.323 e. The van der Waals surface area contributed by atoms with Gasteiger partial charge < -0.3 is 5.32 Å². The molecule has 0 saturated heterocycles. The molecular weight excluding hydrogens is 302 g/mol. The van der Waals surface area contributed by atoms with E-state index in [9.17, 15) is 13.6 Å². The van der Waals surface area contributed by atoms with Crippen LogP contribution in [0.3, 0.4) is 0 Å². The maximum atomic E-state index is 13.3. The number of carbonyl (C=O) groups excluding carboxylic acids is 1. The van der Waals surface area contributed by atoms with E-state index in [1.807, 2.05) is 0 Å². The van der Waals surface area contributed by atoms with Crippen LogP contribution in [0.25, 0.3) is 11.3 Å². The fourth-order valence-corrected chi connectivity index (χ4v) is 2.52. The van der Waals surface area contributed by atoms with Crippen molar-refractivity contribution in [3.05, 3.63) is 30.2 Å². The predicted molar refractivity (Wildman–Crippen MR) is 82.1 cm³/mol. The lowest BCUT2D eigenvalue weighted by molar-refractivity contribution is -0.119. The second kappa shape index (κ2) is 6.44. The number of aryl methyl sites for hydroxylation is 1. The number of anilines is 1. The predicted octanol–water partition coefficient (Wildman–Crippen LogP) is 3.64. The number of fused-ring (bicyclic) bond motifs is 4.